The third-order valence-corrected chi connectivity index (χ3v) is 4.94. The lowest BCUT2D eigenvalue weighted by Gasteiger charge is -2.23. The first-order valence-electron chi connectivity index (χ1n) is 8.87. The van der Waals surface area contributed by atoms with Gasteiger partial charge >= 0.3 is 6.03 Å². The van der Waals surface area contributed by atoms with Gasteiger partial charge in [-0.05, 0) is 30.5 Å². The number of urea groups is 1. The molecule has 1 aromatic heterocycles. The molecule has 2 amide bonds. The average molecular weight is 343 g/mol. The second-order valence-corrected chi connectivity index (χ2v) is 6.84. The highest BCUT2D eigenvalue weighted by Gasteiger charge is 2.40. The Labute approximate surface area is 145 Å². The van der Waals surface area contributed by atoms with Gasteiger partial charge in [0.1, 0.15) is 11.6 Å². The monoisotopic (exact) mass is 343 g/mol. The fraction of sp³-hybridized carbons (Fsp3) is 0.500. The van der Waals surface area contributed by atoms with E-state index in [2.05, 4.69) is 20.7 Å². The predicted molar refractivity (Wildman–Crippen MR) is 90.7 cm³/mol. The summed E-state index contributed by atoms with van der Waals surface area (Å²) < 4.78 is 15.2. The average Bonchev–Trinajstić information content (AvgIpc) is 3.22. The maximum absolute atomic E-state index is 13.3. The van der Waals surface area contributed by atoms with Crippen LogP contribution in [0.3, 0.4) is 0 Å². The zero-order valence-corrected chi connectivity index (χ0v) is 14.2. The first-order valence-corrected chi connectivity index (χ1v) is 8.87. The Morgan fingerprint density at radius 2 is 2.28 bits per heavy atom. The van der Waals surface area contributed by atoms with E-state index in [0.29, 0.717) is 6.54 Å². The van der Waals surface area contributed by atoms with Crippen molar-refractivity contribution in [2.24, 2.45) is 0 Å². The van der Waals surface area contributed by atoms with Crippen LogP contribution in [0.4, 0.5) is 9.18 Å². The lowest BCUT2D eigenvalue weighted by molar-refractivity contribution is 0.231. The van der Waals surface area contributed by atoms with Crippen molar-refractivity contribution in [1.29, 1.82) is 0 Å². The molecular weight excluding hydrogens is 321 g/mol. The zero-order chi connectivity index (χ0) is 17.4. The second kappa shape index (κ2) is 6.46. The number of fused-ring (bicyclic) bond motifs is 1. The van der Waals surface area contributed by atoms with Crippen LogP contribution in [0.15, 0.2) is 24.3 Å². The van der Waals surface area contributed by atoms with Gasteiger partial charge in [-0.25, -0.2) is 18.9 Å². The fourth-order valence-electron chi connectivity index (χ4n) is 3.48. The highest BCUT2D eigenvalue weighted by atomic mass is 19.1. The van der Waals surface area contributed by atoms with Gasteiger partial charge in [-0.2, -0.15) is 5.10 Å². The number of benzene rings is 1. The van der Waals surface area contributed by atoms with E-state index in [1.807, 2.05) is 17.7 Å². The molecule has 1 fully saturated rings. The van der Waals surface area contributed by atoms with E-state index in [9.17, 15) is 9.18 Å². The third kappa shape index (κ3) is 3.50. The van der Waals surface area contributed by atoms with E-state index in [-0.39, 0.29) is 29.8 Å². The minimum absolute atomic E-state index is 0.0604. The van der Waals surface area contributed by atoms with E-state index in [1.165, 1.54) is 6.07 Å². The van der Waals surface area contributed by atoms with E-state index >= 15 is 0 Å². The van der Waals surface area contributed by atoms with Crippen LogP contribution in [0, 0.1) is 5.82 Å². The maximum atomic E-state index is 13.3. The molecule has 0 spiro atoms. The number of nitrogens with one attached hydrogen (secondary N) is 2. The molecule has 1 saturated carbocycles. The molecule has 4 rings (SSSR count). The van der Waals surface area contributed by atoms with Crippen LogP contribution in [0.2, 0.25) is 0 Å². The highest BCUT2D eigenvalue weighted by molar-refractivity contribution is 5.75. The predicted octanol–water partition coefficient (Wildman–Crippen LogP) is 2.15. The summed E-state index contributed by atoms with van der Waals surface area (Å²) in [6, 6.07) is 6.58. The Bertz CT molecular complexity index is 790. The van der Waals surface area contributed by atoms with Crippen LogP contribution in [0.1, 0.15) is 42.9 Å². The number of hydrogen-bond acceptors (Lipinski definition) is 3. The smallest absolute Gasteiger partial charge is 0.315 e. The summed E-state index contributed by atoms with van der Waals surface area (Å²) in [6.45, 7) is 2.70. The molecule has 25 heavy (non-hydrogen) atoms. The number of carbonyl (C=O) groups excluding carboxylic acids is 1. The standard InChI is InChI=1S/C18H22FN5O/c1-2-16-22-17-7-6-13(10-24(17)23-16)20-18(25)21-15-9-14(15)11-4-3-5-12(19)8-11/h3-5,8,13-15H,2,6-7,9-10H2,1H3,(H2,20,21,25)/t13-,14+,15-/m1/s1. The van der Waals surface area contributed by atoms with Crippen LogP contribution in [0.5, 0.6) is 0 Å². The van der Waals surface area contributed by atoms with Crippen LogP contribution >= 0.6 is 0 Å². The molecule has 1 aliphatic carbocycles. The summed E-state index contributed by atoms with van der Waals surface area (Å²) in [5.41, 5.74) is 0.947. The molecule has 0 saturated heterocycles. The van der Waals surface area contributed by atoms with Crippen molar-refractivity contribution in [1.82, 2.24) is 25.4 Å². The van der Waals surface area contributed by atoms with Gasteiger partial charge < -0.3 is 10.6 Å². The van der Waals surface area contributed by atoms with Crippen molar-refractivity contribution in [2.45, 2.75) is 57.2 Å². The Kier molecular flexibility index (Phi) is 4.15. The van der Waals surface area contributed by atoms with E-state index in [1.54, 1.807) is 12.1 Å². The fourth-order valence-corrected chi connectivity index (χ4v) is 3.48. The zero-order valence-electron chi connectivity index (χ0n) is 14.2. The molecule has 0 radical (unpaired) electrons. The van der Waals surface area contributed by atoms with E-state index < -0.39 is 0 Å². The quantitative estimate of drug-likeness (QED) is 0.893. The van der Waals surface area contributed by atoms with Crippen molar-refractivity contribution in [3.05, 3.63) is 47.3 Å². The van der Waals surface area contributed by atoms with Gasteiger partial charge in [0.2, 0.25) is 0 Å². The number of amides is 2. The van der Waals surface area contributed by atoms with Crippen LogP contribution in [-0.4, -0.2) is 32.9 Å². The number of carbonyl (C=O) groups is 1. The number of rotatable bonds is 4. The third-order valence-electron chi connectivity index (χ3n) is 4.94. The first kappa shape index (κ1) is 16.1. The van der Waals surface area contributed by atoms with Crippen molar-refractivity contribution in [2.75, 3.05) is 0 Å². The normalized spacial score (nSPS) is 24.5. The minimum atomic E-state index is -0.232. The molecular formula is C18H22FN5O. The molecule has 6 nitrogen and oxygen atoms in total. The van der Waals surface area contributed by atoms with Gasteiger partial charge in [0.15, 0.2) is 5.82 Å². The lowest BCUT2D eigenvalue weighted by Crippen LogP contribution is -2.46. The summed E-state index contributed by atoms with van der Waals surface area (Å²) in [4.78, 5) is 16.7. The molecule has 132 valence electrons. The van der Waals surface area contributed by atoms with Gasteiger partial charge in [0.25, 0.3) is 0 Å². The molecule has 2 N–H and O–H groups in total. The van der Waals surface area contributed by atoms with Gasteiger partial charge in [0.05, 0.1) is 12.6 Å². The summed E-state index contributed by atoms with van der Waals surface area (Å²) in [5, 5.41) is 10.5. The Morgan fingerprint density at radius 1 is 1.40 bits per heavy atom. The van der Waals surface area contributed by atoms with Crippen molar-refractivity contribution < 1.29 is 9.18 Å². The van der Waals surface area contributed by atoms with Gasteiger partial charge in [-0.15, -0.1) is 0 Å². The van der Waals surface area contributed by atoms with Gasteiger partial charge in [-0.3, -0.25) is 0 Å². The van der Waals surface area contributed by atoms with Crippen LogP contribution in [-0.2, 0) is 19.4 Å². The number of halogens is 1. The van der Waals surface area contributed by atoms with Crippen LogP contribution in [0.25, 0.3) is 0 Å². The molecule has 7 heteroatoms. The Balaban J connectivity index is 1.29. The molecule has 1 aliphatic heterocycles. The van der Waals surface area contributed by atoms with Crippen LogP contribution < -0.4 is 10.6 Å². The Morgan fingerprint density at radius 3 is 3.08 bits per heavy atom. The highest BCUT2D eigenvalue weighted by Crippen LogP contribution is 2.40. The molecule has 3 atom stereocenters. The second-order valence-electron chi connectivity index (χ2n) is 6.84. The molecule has 0 bridgehead atoms. The first-order chi connectivity index (χ1) is 12.1. The largest absolute Gasteiger partial charge is 0.335 e. The summed E-state index contributed by atoms with van der Waals surface area (Å²) >= 11 is 0. The number of hydrogen-bond donors (Lipinski definition) is 2. The number of aryl methyl sites for hydroxylation is 2. The number of nitrogens with zero attached hydrogens (tertiary/aromatic N) is 3. The summed E-state index contributed by atoms with van der Waals surface area (Å²) in [7, 11) is 0. The van der Waals surface area contributed by atoms with Crippen molar-refractivity contribution in [3.63, 3.8) is 0 Å². The maximum Gasteiger partial charge on any atom is 0.315 e. The summed E-state index contributed by atoms with van der Waals surface area (Å²) in [6.07, 6.45) is 3.37. The summed E-state index contributed by atoms with van der Waals surface area (Å²) in [5.74, 6) is 1.84. The van der Waals surface area contributed by atoms with E-state index in [0.717, 1.165) is 42.9 Å². The molecule has 2 aromatic rings. The lowest BCUT2D eigenvalue weighted by atomic mass is 10.1. The van der Waals surface area contributed by atoms with Gasteiger partial charge in [0, 0.05) is 24.8 Å². The Hall–Kier alpha value is -2.44. The van der Waals surface area contributed by atoms with Gasteiger partial charge in [-0.1, -0.05) is 19.1 Å². The minimum Gasteiger partial charge on any atom is -0.335 e. The molecule has 0 unspecified atom stereocenters. The molecule has 2 aliphatic rings. The number of aromatic nitrogens is 3. The van der Waals surface area contributed by atoms with E-state index in [4.69, 9.17) is 0 Å². The van der Waals surface area contributed by atoms with Crippen molar-refractivity contribution >= 4 is 6.03 Å². The molecule has 2 heterocycles. The topological polar surface area (TPSA) is 71.8 Å². The molecule has 1 aromatic carbocycles. The van der Waals surface area contributed by atoms with Crippen molar-refractivity contribution in [3.8, 4) is 0 Å². The SMILES string of the molecule is CCc1nc2n(n1)C[C@H](NC(=O)N[C@@H]1C[C@H]1c1cccc(F)c1)CC2.